The van der Waals surface area contributed by atoms with Gasteiger partial charge >= 0.3 is 0 Å². The molecule has 0 spiro atoms. The molecule has 90 valence electrons. The van der Waals surface area contributed by atoms with E-state index in [9.17, 15) is 4.79 Å². The van der Waals surface area contributed by atoms with Crippen molar-refractivity contribution in [2.45, 2.75) is 13.3 Å². The summed E-state index contributed by atoms with van der Waals surface area (Å²) in [4.78, 5) is 15.1. The molecule has 2 aromatic heterocycles. The summed E-state index contributed by atoms with van der Waals surface area (Å²) in [6.45, 7) is 2.75. The lowest BCUT2D eigenvalue weighted by Crippen LogP contribution is -2.27. The van der Waals surface area contributed by atoms with Crippen LogP contribution in [-0.4, -0.2) is 34.6 Å². The van der Waals surface area contributed by atoms with Crippen LogP contribution in [0.25, 0.3) is 10.2 Å². The highest BCUT2D eigenvalue weighted by molar-refractivity contribution is 7.21. The quantitative estimate of drug-likeness (QED) is 0.900. The first-order valence-electron chi connectivity index (χ1n) is 5.40. The van der Waals surface area contributed by atoms with Gasteiger partial charge in [-0.1, -0.05) is 6.92 Å². The molecule has 0 atom stereocenters. The molecule has 2 N–H and O–H groups in total. The molecule has 6 heteroatoms. The molecule has 2 rings (SSSR count). The summed E-state index contributed by atoms with van der Waals surface area (Å²) >= 11 is 1.30. The molecule has 0 bridgehead atoms. The first-order valence-corrected chi connectivity index (χ1v) is 6.22. The van der Waals surface area contributed by atoms with Crippen molar-refractivity contribution >= 4 is 33.1 Å². The topological polar surface area (TPSA) is 72.1 Å². The third-order valence-electron chi connectivity index (χ3n) is 2.52. The summed E-state index contributed by atoms with van der Waals surface area (Å²) in [6.07, 6.45) is 2.50. The van der Waals surface area contributed by atoms with Crippen LogP contribution in [0.4, 0.5) is 5.69 Å². The molecule has 0 saturated heterocycles. The molecule has 0 aromatic carbocycles. The Balaban J connectivity index is 2.42. The smallest absolute Gasteiger partial charge is 0.265 e. The van der Waals surface area contributed by atoms with Gasteiger partial charge in [0.15, 0.2) is 0 Å². The molecule has 5 nitrogen and oxygen atoms in total. The van der Waals surface area contributed by atoms with E-state index in [0.717, 1.165) is 18.4 Å². The average Bonchev–Trinajstić information content (AvgIpc) is 2.67. The summed E-state index contributed by atoms with van der Waals surface area (Å²) in [6, 6.07) is 1.78. The Labute approximate surface area is 103 Å². The number of amides is 1. The molecule has 0 unspecified atom stereocenters. The van der Waals surface area contributed by atoms with E-state index in [1.807, 2.05) is 6.92 Å². The lowest BCUT2D eigenvalue weighted by atomic mass is 10.2. The van der Waals surface area contributed by atoms with Crippen molar-refractivity contribution < 1.29 is 4.79 Å². The van der Waals surface area contributed by atoms with Gasteiger partial charge in [-0.15, -0.1) is 16.4 Å². The van der Waals surface area contributed by atoms with Gasteiger partial charge in [-0.25, -0.2) is 0 Å². The largest absolute Gasteiger partial charge is 0.397 e. The summed E-state index contributed by atoms with van der Waals surface area (Å²) < 4.78 is 0. The highest BCUT2D eigenvalue weighted by atomic mass is 32.1. The van der Waals surface area contributed by atoms with E-state index in [0.29, 0.717) is 15.4 Å². The van der Waals surface area contributed by atoms with Crippen molar-refractivity contribution in [1.82, 2.24) is 15.1 Å². The van der Waals surface area contributed by atoms with E-state index in [4.69, 9.17) is 5.73 Å². The number of nitrogens with zero attached hydrogens (tertiary/aromatic N) is 3. The maximum atomic E-state index is 12.1. The van der Waals surface area contributed by atoms with Gasteiger partial charge < -0.3 is 10.6 Å². The predicted octanol–water partition coefficient (Wildman–Crippen LogP) is 1.76. The van der Waals surface area contributed by atoms with Gasteiger partial charge in [0.05, 0.1) is 11.9 Å². The Morgan fingerprint density at radius 1 is 1.59 bits per heavy atom. The molecule has 0 radical (unpaired) electrons. The molecule has 2 aromatic rings. The SMILES string of the molecule is CCCN(C)C(=O)c1sc2nnccc2c1N. The summed E-state index contributed by atoms with van der Waals surface area (Å²) in [5.74, 6) is -0.0487. The van der Waals surface area contributed by atoms with E-state index in [2.05, 4.69) is 10.2 Å². The van der Waals surface area contributed by atoms with E-state index >= 15 is 0 Å². The Hall–Kier alpha value is -1.69. The number of rotatable bonds is 3. The number of anilines is 1. The van der Waals surface area contributed by atoms with Crippen LogP contribution in [0.2, 0.25) is 0 Å². The molecule has 0 fully saturated rings. The Morgan fingerprint density at radius 3 is 3.00 bits per heavy atom. The molecule has 0 aliphatic rings. The minimum Gasteiger partial charge on any atom is -0.397 e. The van der Waals surface area contributed by atoms with Crippen LogP contribution < -0.4 is 5.73 Å². The van der Waals surface area contributed by atoms with Gasteiger partial charge in [-0.3, -0.25) is 4.79 Å². The number of hydrogen-bond acceptors (Lipinski definition) is 5. The van der Waals surface area contributed by atoms with Crippen molar-refractivity contribution in [2.24, 2.45) is 0 Å². The second-order valence-electron chi connectivity index (χ2n) is 3.82. The number of nitrogen functional groups attached to an aromatic ring is 1. The van der Waals surface area contributed by atoms with Crippen LogP contribution in [0.15, 0.2) is 12.3 Å². The van der Waals surface area contributed by atoms with Crippen LogP contribution in [0.1, 0.15) is 23.0 Å². The zero-order chi connectivity index (χ0) is 12.4. The van der Waals surface area contributed by atoms with Crippen LogP contribution in [-0.2, 0) is 0 Å². The molecule has 0 aliphatic carbocycles. The molecule has 2 heterocycles. The van der Waals surface area contributed by atoms with E-state index < -0.39 is 0 Å². The fourth-order valence-electron chi connectivity index (χ4n) is 1.64. The van der Waals surface area contributed by atoms with Crippen LogP contribution in [0.5, 0.6) is 0 Å². The second-order valence-corrected chi connectivity index (χ2v) is 4.82. The normalized spacial score (nSPS) is 10.7. The zero-order valence-corrected chi connectivity index (χ0v) is 10.6. The maximum absolute atomic E-state index is 12.1. The summed E-state index contributed by atoms with van der Waals surface area (Å²) in [5, 5.41) is 8.56. The highest BCUT2D eigenvalue weighted by Crippen LogP contribution is 2.32. The number of hydrogen-bond donors (Lipinski definition) is 1. The van der Waals surface area contributed by atoms with Crippen molar-refractivity contribution in [3.8, 4) is 0 Å². The van der Waals surface area contributed by atoms with Gasteiger partial charge in [0, 0.05) is 19.0 Å². The number of thiophene rings is 1. The molecule has 17 heavy (non-hydrogen) atoms. The molecule has 0 aliphatic heterocycles. The Morgan fingerprint density at radius 2 is 2.35 bits per heavy atom. The molecular weight excluding hydrogens is 236 g/mol. The van der Waals surface area contributed by atoms with Gasteiger partial charge in [0.1, 0.15) is 9.71 Å². The zero-order valence-electron chi connectivity index (χ0n) is 9.80. The number of carbonyl (C=O) groups excluding carboxylic acids is 1. The Bertz CT molecular complexity index is 551. The number of fused-ring (bicyclic) bond motifs is 1. The minimum absolute atomic E-state index is 0.0487. The third-order valence-corrected chi connectivity index (χ3v) is 3.61. The van der Waals surface area contributed by atoms with Gasteiger partial charge in [0.2, 0.25) is 0 Å². The first-order chi connectivity index (χ1) is 8.15. The van der Waals surface area contributed by atoms with Gasteiger partial charge in [0.25, 0.3) is 5.91 Å². The molecular formula is C11H14N4OS. The minimum atomic E-state index is -0.0487. The standard InChI is InChI=1S/C11H14N4OS/c1-3-6-15(2)11(16)9-8(12)7-4-5-13-14-10(7)17-9/h4-5H,3,6,12H2,1-2H3. The van der Waals surface area contributed by atoms with Crippen LogP contribution >= 0.6 is 11.3 Å². The average molecular weight is 250 g/mol. The van der Waals surface area contributed by atoms with E-state index in [1.165, 1.54) is 11.3 Å². The van der Waals surface area contributed by atoms with E-state index in [-0.39, 0.29) is 5.91 Å². The van der Waals surface area contributed by atoms with Crippen LogP contribution in [0.3, 0.4) is 0 Å². The third kappa shape index (κ3) is 2.08. The lowest BCUT2D eigenvalue weighted by Gasteiger charge is -2.15. The lowest BCUT2D eigenvalue weighted by molar-refractivity contribution is 0.0801. The van der Waals surface area contributed by atoms with Gasteiger partial charge in [-0.05, 0) is 12.5 Å². The highest BCUT2D eigenvalue weighted by Gasteiger charge is 2.19. The van der Waals surface area contributed by atoms with Gasteiger partial charge in [-0.2, -0.15) is 5.10 Å². The second kappa shape index (κ2) is 4.67. The van der Waals surface area contributed by atoms with Crippen LogP contribution in [0, 0.1) is 0 Å². The van der Waals surface area contributed by atoms with Crippen molar-refractivity contribution in [2.75, 3.05) is 19.3 Å². The number of carbonyl (C=O) groups is 1. The van der Waals surface area contributed by atoms with Crippen molar-refractivity contribution in [3.63, 3.8) is 0 Å². The number of nitrogens with two attached hydrogens (primary N) is 1. The first kappa shape index (κ1) is 11.8. The summed E-state index contributed by atoms with van der Waals surface area (Å²) in [7, 11) is 1.78. The maximum Gasteiger partial charge on any atom is 0.265 e. The van der Waals surface area contributed by atoms with Crippen molar-refractivity contribution in [3.05, 3.63) is 17.1 Å². The monoisotopic (exact) mass is 250 g/mol. The van der Waals surface area contributed by atoms with Crippen molar-refractivity contribution in [1.29, 1.82) is 0 Å². The van der Waals surface area contributed by atoms with E-state index in [1.54, 1.807) is 24.2 Å². The fourth-order valence-corrected chi connectivity index (χ4v) is 2.67. The molecule has 0 saturated carbocycles. The number of aromatic nitrogens is 2. The predicted molar refractivity (Wildman–Crippen MR) is 69.1 cm³/mol. The fraction of sp³-hybridized carbons (Fsp3) is 0.364. The summed E-state index contributed by atoms with van der Waals surface area (Å²) in [5.41, 5.74) is 6.48. The Kier molecular flexibility index (Phi) is 3.23. The molecule has 1 amide bonds.